The first-order chi connectivity index (χ1) is 8.88. The highest BCUT2D eigenvalue weighted by Gasteiger charge is 2.13. The molecule has 0 spiro atoms. The minimum absolute atomic E-state index is 0.219. The van der Waals surface area contributed by atoms with Crippen molar-refractivity contribution in [3.8, 4) is 0 Å². The molecule has 0 heterocycles. The van der Waals surface area contributed by atoms with Crippen molar-refractivity contribution in [1.82, 2.24) is 0 Å². The molecule has 0 aromatic heterocycles. The maximum atomic E-state index is 11.5. The molecule has 0 aliphatic carbocycles. The van der Waals surface area contributed by atoms with Crippen LogP contribution in [0.25, 0.3) is 0 Å². The maximum absolute atomic E-state index is 11.5. The molecule has 2 aromatic rings. The molecule has 1 atom stereocenters. The summed E-state index contributed by atoms with van der Waals surface area (Å²) in [5.74, 6) is 0. The average Bonchev–Trinajstić information content (AvgIpc) is 2.38. The Balaban J connectivity index is 2.39. The molecule has 0 saturated heterocycles. The molecular weight excluding hydrogens is 260 g/mol. The molecule has 1 N–H and O–H groups in total. The number of aliphatic hydroxyl groups excluding tert-OH is 1. The largest absolute Gasteiger partial charge is 0.384 e. The second-order valence-electron chi connectivity index (χ2n) is 4.66. The smallest absolute Gasteiger partial charge is 0.175 e. The van der Waals surface area contributed by atoms with E-state index in [9.17, 15) is 13.5 Å². The first-order valence-electron chi connectivity index (χ1n) is 5.92. The predicted octanol–water partition coefficient (Wildman–Crippen LogP) is 2.48. The van der Waals surface area contributed by atoms with Crippen molar-refractivity contribution in [3.63, 3.8) is 0 Å². The molecule has 1 unspecified atom stereocenters. The van der Waals surface area contributed by atoms with E-state index in [0.717, 1.165) is 17.4 Å². The summed E-state index contributed by atoms with van der Waals surface area (Å²) in [6.45, 7) is 1.97. The molecule has 0 radical (unpaired) electrons. The molecule has 0 aliphatic rings. The fourth-order valence-corrected chi connectivity index (χ4v) is 2.53. The number of benzene rings is 2. The molecule has 4 heteroatoms. The minimum Gasteiger partial charge on any atom is -0.384 e. The van der Waals surface area contributed by atoms with Crippen LogP contribution in [0.4, 0.5) is 0 Å². The van der Waals surface area contributed by atoms with Gasteiger partial charge in [0.2, 0.25) is 0 Å². The third-order valence-corrected chi connectivity index (χ3v) is 4.11. The van der Waals surface area contributed by atoms with Crippen LogP contribution < -0.4 is 0 Å². The highest BCUT2D eigenvalue weighted by molar-refractivity contribution is 7.90. The Morgan fingerprint density at radius 3 is 2.21 bits per heavy atom. The second kappa shape index (κ2) is 5.15. The highest BCUT2D eigenvalue weighted by Crippen LogP contribution is 2.24. The molecule has 0 aliphatic heterocycles. The van der Waals surface area contributed by atoms with Crippen LogP contribution in [0, 0.1) is 6.92 Å². The summed E-state index contributed by atoms with van der Waals surface area (Å²) in [7, 11) is -3.26. The van der Waals surface area contributed by atoms with E-state index in [-0.39, 0.29) is 4.90 Å². The van der Waals surface area contributed by atoms with Gasteiger partial charge in [0.05, 0.1) is 4.90 Å². The van der Waals surface area contributed by atoms with Gasteiger partial charge in [-0.15, -0.1) is 0 Å². The van der Waals surface area contributed by atoms with E-state index in [2.05, 4.69) is 0 Å². The summed E-state index contributed by atoms with van der Waals surface area (Å²) in [6.07, 6.45) is 0.340. The van der Waals surface area contributed by atoms with Gasteiger partial charge in [-0.05, 0) is 30.2 Å². The van der Waals surface area contributed by atoms with Crippen LogP contribution in [0.1, 0.15) is 22.8 Å². The van der Waals surface area contributed by atoms with Gasteiger partial charge in [0.1, 0.15) is 6.10 Å². The van der Waals surface area contributed by atoms with Crippen LogP contribution in [0.3, 0.4) is 0 Å². The standard InChI is InChI=1S/C15H16O3S/c1-11-6-8-12(9-7-11)15(16)13-4-3-5-14(10-13)19(2,17)18/h3-10,15-16H,1-2H3. The molecule has 2 aromatic carbocycles. The summed E-state index contributed by atoms with van der Waals surface area (Å²) < 4.78 is 23.0. The Kier molecular flexibility index (Phi) is 3.73. The van der Waals surface area contributed by atoms with Gasteiger partial charge in [0.25, 0.3) is 0 Å². The molecule has 0 fully saturated rings. The Morgan fingerprint density at radius 2 is 1.63 bits per heavy atom. The van der Waals surface area contributed by atoms with Crippen LogP contribution in [-0.2, 0) is 9.84 Å². The third-order valence-electron chi connectivity index (χ3n) is 3.00. The predicted molar refractivity (Wildman–Crippen MR) is 74.8 cm³/mol. The van der Waals surface area contributed by atoms with Crippen LogP contribution in [-0.4, -0.2) is 19.8 Å². The number of rotatable bonds is 3. The van der Waals surface area contributed by atoms with Crippen molar-refractivity contribution in [2.24, 2.45) is 0 Å². The number of sulfone groups is 1. The van der Waals surface area contributed by atoms with Gasteiger partial charge >= 0.3 is 0 Å². The summed E-state index contributed by atoms with van der Waals surface area (Å²) in [5.41, 5.74) is 2.43. The van der Waals surface area contributed by atoms with E-state index in [0.29, 0.717) is 5.56 Å². The van der Waals surface area contributed by atoms with Crippen molar-refractivity contribution in [3.05, 3.63) is 65.2 Å². The lowest BCUT2D eigenvalue weighted by atomic mass is 10.0. The molecule has 0 amide bonds. The zero-order chi connectivity index (χ0) is 14.0. The summed E-state index contributed by atoms with van der Waals surface area (Å²) in [5, 5.41) is 10.3. The quantitative estimate of drug-likeness (QED) is 0.937. The van der Waals surface area contributed by atoms with E-state index in [1.54, 1.807) is 12.1 Å². The average molecular weight is 276 g/mol. The first-order valence-corrected chi connectivity index (χ1v) is 7.82. The SMILES string of the molecule is Cc1ccc(C(O)c2cccc(S(C)(=O)=O)c2)cc1. The van der Waals surface area contributed by atoms with Crippen LogP contribution in [0.5, 0.6) is 0 Å². The highest BCUT2D eigenvalue weighted by atomic mass is 32.2. The van der Waals surface area contributed by atoms with Crippen molar-refractivity contribution < 1.29 is 13.5 Å². The number of hydrogen-bond acceptors (Lipinski definition) is 3. The Labute approximate surface area is 113 Å². The summed E-state index contributed by atoms with van der Waals surface area (Å²) in [4.78, 5) is 0.219. The van der Waals surface area contributed by atoms with Crippen LogP contribution >= 0.6 is 0 Å². The first kappa shape index (κ1) is 13.8. The lowest BCUT2D eigenvalue weighted by molar-refractivity contribution is 0.220. The lowest BCUT2D eigenvalue weighted by Gasteiger charge is -2.12. The fraction of sp³-hybridized carbons (Fsp3) is 0.200. The summed E-state index contributed by atoms with van der Waals surface area (Å²) >= 11 is 0. The fourth-order valence-electron chi connectivity index (χ4n) is 1.86. The van der Waals surface area contributed by atoms with E-state index in [4.69, 9.17) is 0 Å². The Hall–Kier alpha value is -1.65. The van der Waals surface area contributed by atoms with E-state index >= 15 is 0 Å². The molecular formula is C15H16O3S. The van der Waals surface area contributed by atoms with Gasteiger partial charge in [0, 0.05) is 6.26 Å². The number of hydrogen-bond donors (Lipinski definition) is 1. The molecule has 0 saturated carbocycles. The normalized spacial score (nSPS) is 13.2. The van der Waals surface area contributed by atoms with Crippen LogP contribution in [0.2, 0.25) is 0 Å². The maximum Gasteiger partial charge on any atom is 0.175 e. The molecule has 3 nitrogen and oxygen atoms in total. The molecule has 100 valence electrons. The Bertz CT molecular complexity index is 673. The van der Waals surface area contributed by atoms with Gasteiger partial charge in [0.15, 0.2) is 9.84 Å². The van der Waals surface area contributed by atoms with Gasteiger partial charge in [-0.2, -0.15) is 0 Å². The summed E-state index contributed by atoms with van der Waals surface area (Å²) in [6, 6.07) is 13.9. The van der Waals surface area contributed by atoms with Crippen molar-refractivity contribution >= 4 is 9.84 Å². The minimum atomic E-state index is -3.26. The zero-order valence-electron chi connectivity index (χ0n) is 10.9. The number of aliphatic hydroxyl groups is 1. The second-order valence-corrected chi connectivity index (χ2v) is 6.67. The third kappa shape index (κ3) is 3.22. The zero-order valence-corrected chi connectivity index (χ0v) is 11.7. The monoisotopic (exact) mass is 276 g/mol. The van der Waals surface area contributed by atoms with Gasteiger partial charge < -0.3 is 5.11 Å². The van der Waals surface area contributed by atoms with Crippen molar-refractivity contribution in [2.45, 2.75) is 17.9 Å². The Morgan fingerprint density at radius 1 is 1.00 bits per heavy atom. The topological polar surface area (TPSA) is 54.4 Å². The van der Waals surface area contributed by atoms with Crippen molar-refractivity contribution in [2.75, 3.05) is 6.26 Å². The van der Waals surface area contributed by atoms with Crippen LogP contribution in [0.15, 0.2) is 53.4 Å². The molecule has 0 bridgehead atoms. The van der Waals surface area contributed by atoms with E-state index in [1.807, 2.05) is 31.2 Å². The van der Waals surface area contributed by atoms with Crippen molar-refractivity contribution in [1.29, 1.82) is 0 Å². The number of aryl methyl sites for hydroxylation is 1. The van der Waals surface area contributed by atoms with Gasteiger partial charge in [-0.1, -0.05) is 42.0 Å². The van der Waals surface area contributed by atoms with Gasteiger partial charge in [-0.3, -0.25) is 0 Å². The lowest BCUT2D eigenvalue weighted by Crippen LogP contribution is -2.03. The van der Waals surface area contributed by atoms with E-state index < -0.39 is 15.9 Å². The molecule has 2 rings (SSSR count). The van der Waals surface area contributed by atoms with E-state index in [1.165, 1.54) is 12.1 Å². The van der Waals surface area contributed by atoms with Gasteiger partial charge in [-0.25, -0.2) is 8.42 Å². The molecule has 19 heavy (non-hydrogen) atoms.